The van der Waals surface area contributed by atoms with Crippen molar-refractivity contribution in [3.63, 3.8) is 0 Å². The van der Waals surface area contributed by atoms with E-state index in [0.29, 0.717) is 5.56 Å². The lowest BCUT2D eigenvalue weighted by Crippen LogP contribution is -2.50. The van der Waals surface area contributed by atoms with Crippen LogP contribution in [-0.2, 0) is 10.3 Å². The van der Waals surface area contributed by atoms with E-state index >= 15 is 0 Å². The van der Waals surface area contributed by atoms with Gasteiger partial charge in [-0.2, -0.15) is 0 Å². The molecule has 1 atom stereocenters. The standard InChI is InChI=1S/C10H14N2O2/c1-7-3-5-8(6-4-7)10(2,12-11)9(13)14/h3-6,12H,11H2,1-2H3,(H,13,14). The van der Waals surface area contributed by atoms with Crippen molar-refractivity contribution in [1.29, 1.82) is 0 Å². The number of nitrogens with two attached hydrogens (primary N) is 1. The molecule has 0 spiro atoms. The molecule has 1 aromatic carbocycles. The van der Waals surface area contributed by atoms with Crippen LogP contribution >= 0.6 is 0 Å². The van der Waals surface area contributed by atoms with E-state index in [-0.39, 0.29) is 0 Å². The first kappa shape index (κ1) is 10.7. The number of carbonyl (C=O) groups is 1. The second kappa shape index (κ2) is 3.77. The first-order chi connectivity index (χ1) is 6.50. The molecule has 0 aliphatic rings. The zero-order valence-electron chi connectivity index (χ0n) is 8.24. The Labute approximate surface area is 82.7 Å². The smallest absolute Gasteiger partial charge is 0.329 e. The van der Waals surface area contributed by atoms with Gasteiger partial charge in [-0.15, -0.1) is 0 Å². The quantitative estimate of drug-likeness (QED) is 0.490. The molecule has 0 radical (unpaired) electrons. The van der Waals surface area contributed by atoms with Gasteiger partial charge in [0.2, 0.25) is 0 Å². The van der Waals surface area contributed by atoms with Crippen LogP contribution in [0.25, 0.3) is 0 Å². The summed E-state index contributed by atoms with van der Waals surface area (Å²) in [7, 11) is 0. The summed E-state index contributed by atoms with van der Waals surface area (Å²) in [4.78, 5) is 11.0. The lowest BCUT2D eigenvalue weighted by Gasteiger charge is -2.24. The van der Waals surface area contributed by atoms with Gasteiger partial charge in [-0.05, 0) is 19.4 Å². The second-order valence-corrected chi connectivity index (χ2v) is 3.44. The molecule has 0 fully saturated rings. The number of benzene rings is 1. The lowest BCUT2D eigenvalue weighted by molar-refractivity contribution is -0.144. The number of rotatable bonds is 3. The average molecular weight is 194 g/mol. The van der Waals surface area contributed by atoms with Crippen LogP contribution in [0.1, 0.15) is 18.1 Å². The summed E-state index contributed by atoms with van der Waals surface area (Å²) < 4.78 is 0. The molecule has 4 heteroatoms. The summed E-state index contributed by atoms with van der Waals surface area (Å²) >= 11 is 0. The molecule has 0 heterocycles. The van der Waals surface area contributed by atoms with E-state index in [1.807, 2.05) is 19.1 Å². The van der Waals surface area contributed by atoms with Gasteiger partial charge in [0.1, 0.15) is 0 Å². The number of nitrogens with one attached hydrogen (secondary N) is 1. The van der Waals surface area contributed by atoms with E-state index in [9.17, 15) is 4.79 Å². The van der Waals surface area contributed by atoms with E-state index in [1.54, 1.807) is 12.1 Å². The maximum atomic E-state index is 11.0. The van der Waals surface area contributed by atoms with Crippen molar-refractivity contribution in [2.24, 2.45) is 5.84 Å². The molecule has 1 rings (SSSR count). The normalized spacial score (nSPS) is 14.8. The largest absolute Gasteiger partial charge is 0.480 e. The monoisotopic (exact) mass is 194 g/mol. The van der Waals surface area contributed by atoms with Crippen molar-refractivity contribution in [1.82, 2.24) is 5.43 Å². The molecule has 0 aliphatic carbocycles. The van der Waals surface area contributed by atoms with Gasteiger partial charge in [0.15, 0.2) is 5.54 Å². The molecule has 1 unspecified atom stereocenters. The van der Waals surface area contributed by atoms with Crippen molar-refractivity contribution in [3.8, 4) is 0 Å². The van der Waals surface area contributed by atoms with Gasteiger partial charge in [-0.1, -0.05) is 29.8 Å². The van der Waals surface area contributed by atoms with Crippen molar-refractivity contribution in [2.75, 3.05) is 0 Å². The fraction of sp³-hybridized carbons (Fsp3) is 0.300. The molecule has 14 heavy (non-hydrogen) atoms. The average Bonchev–Trinajstić information content (AvgIpc) is 2.17. The Morgan fingerprint density at radius 2 is 1.93 bits per heavy atom. The number of aliphatic carboxylic acids is 1. The number of carboxylic acids is 1. The Hall–Kier alpha value is -1.39. The van der Waals surface area contributed by atoms with Crippen LogP contribution in [0.2, 0.25) is 0 Å². The molecular weight excluding hydrogens is 180 g/mol. The minimum atomic E-state index is -1.23. The number of hydrogen-bond acceptors (Lipinski definition) is 3. The van der Waals surface area contributed by atoms with Crippen LogP contribution < -0.4 is 11.3 Å². The highest BCUT2D eigenvalue weighted by Crippen LogP contribution is 2.20. The maximum absolute atomic E-state index is 11.0. The lowest BCUT2D eigenvalue weighted by atomic mass is 9.92. The predicted octanol–water partition coefficient (Wildman–Crippen LogP) is 0.758. The molecular formula is C10H14N2O2. The Kier molecular flexibility index (Phi) is 2.88. The van der Waals surface area contributed by atoms with Crippen molar-refractivity contribution < 1.29 is 9.90 Å². The van der Waals surface area contributed by atoms with E-state index in [4.69, 9.17) is 10.9 Å². The Balaban J connectivity index is 3.13. The van der Waals surface area contributed by atoms with Gasteiger partial charge in [0.05, 0.1) is 0 Å². The molecule has 4 N–H and O–H groups in total. The van der Waals surface area contributed by atoms with Gasteiger partial charge in [-0.3, -0.25) is 5.84 Å². The van der Waals surface area contributed by atoms with Gasteiger partial charge < -0.3 is 5.11 Å². The number of hydrogen-bond donors (Lipinski definition) is 3. The zero-order valence-corrected chi connectivity index (χ0v) is 8.24. The van der Waals surface area contributed by atoms with E-state index in [0.717, 1.165) is 5.56 Å². The fourth-order valence-electron chi connectivity index (χ4n) is 1.16. The van der Waals surface area contributed by atoms with Crippen LogP contribution in [0.5, 0.6) is 0 Å². The summed E-state index contributed by atoms with van der Waals surface area (Å²) in [5.74, 6) is 4.25. The molecule has 0 aromatic heterocycles. The zero-order chi connectivity index (χ0) is 10.8. The van der Waals surface area contributed by atoms with Gasteiger partial charge in [0, 0.05) is 0 Å². The second-order valence-electron chi connectivity index (χ2n) is 3.44. The highest BCUT2D eigenvalue weighted by molar-refractivity contribution is 5.80. The number of hydrazine groups is 1. The SMILES string of the molecule is Cc1ccc(C(C)(NN)C(=O)O)cc1. The summed E-state index contributed by atoms with van der Waals surface area (Å²) in [6.45, 7) is 3.47. The van der Waals surface area contributed by atoms with Gasteiger partial charge in [0.25, 0.3) is 0 Å². The summed E-state index contributed by atoms with van der Waals surface area (Å²) in [5, 5.41) is 9.01. The number of carboxylic acid groups (broad SMARTS) is 1. The molecule has 0 saturated heterocycles. The van der Waals surface area contributed by atoms with Gasteiger partial charge >= 0.3 is 5.97 Å². The minimum absolute atomic E-state index is 0.637. The van der Waals surface area contributed by atoms with Crippen LogP contribution in [-0.4, -0.2) is 11.1 Å². The Morgan fingerprint density at radius 1 is 1.43 bits per heavy atom. The summed E-state index contributed by atoms with van der Waals surface area (Å²) in [6, 6.07) is 7.22. The number of aryl methyl sites for hydroxylation is 1. The topological polar surface area (TPSA) is 75.3 Å². The first-order valence-corrected chi connectivity index (χ1v) is 4.29. The van der Waals surface area contributed by atoms with E-state index in [1.165, 1.54) is 6.92 Å². The Morgan fingerprint density at radius 3 is 2.29 bits per heavy atom. The molecule has 0 aliphatic heterocycles. The van der Waals surface area contributed by atoms with Crippen molar-refractivity contribution in [3.05, 3.63) is 35.4 Å². The minimum Gasteiger partial charge on any atom is -0.480 e. The first-order valence-electron chi connectivity index (χ1n) is 4.29. The van der Waals surface area contributed by atoms with Crippen LogP contribution in [0, 0.1) is 6.92 Å². The summed E-state index contributed by atoms with van der Waals surface area (Å²) in [5.41, 5.74) is 2.80. The molecule has 76 valence electrons. The third-order valence-corrected chi connectivity index (χ3v) is 2.35. The van der Waals surface area contributed by atoms with Crippen molar-refractivity contribution >= 4 is 5.97 Å². The summed E-state index contributed by atoms with van der Waals surface area (Å²) in [6.07, 6.45) is 0. The predicted molar refractivity (Wildman–Crippen MR) is 53.5 cm³/mol. The fourth-order valence-corrected chi connectivity index (χ4v) is 1.16. The van der Waals surface area contributed by atoms with Crippen LogP contribution in [0.15, 0.2) is 24.3 Å². The molecule has 0 saturated carbocycles. The van der Waals surface area contributed by atoms with Crippen molar-refractivity contribution in [2.45, 2.75) is 19.4 Å². The highest BCUT2D eigenvalue weighted by Gasteiger charge is 2.33. The Bertz CT molecular complexity index is 334. The third kappa shape index (κ3) is 1.76. The van der Waals surface area contributed by atoms with Crippen LogP contribution in [0.3, 0.4) is 0 Å². The van der Waals surface area contributed by atoms with Gasteiger partial charge in [-0.25, -0.2) is 10.2 Å². The van der Waals surface area contributed by atoms with E-state index in [2.05, 4.69) is 5.43 Å². The highest BCUT2D eigenvalue weighted by atomic mass is 16.4. The van der Waals surface area contributed by atoms with E-state index < -0.39 is 11.5 Å². The molecule has 1 aromatic rings. The molecule has 0 amide bonds. The molecule has 4 nitrogen and oxygen atoms in total. The van der Waals surface area contributed by atoms with Crippen LogP contribution in [0.4, 0.5) is 0 Å². The maximum Gasteiger partial charge on any atom is 0.329 e. The molecule has 0 bridgehead atoms. The third-order valence-electron chi connectivity index (χ3n) is 2.35.